The molecule has 0 saturated heterocycles. The quantitative estimate of drug-likeness (QED) is 0.606. The molecule has 0 nitrogen and oxygen atoms in total. The molecule has 0 amide bonds. The molecule has 0 aliphatic carbocycles. The van der Waals surface area contributed by atoms with Crippen LogP contribution in [-0.4, -0.2) is 0 Å². The third-order valence-electron chi connectivity index (χ3n) is 2.04. The molecule has 1 rings (SSSR count). The molecule has 72 valence electrons. The van der Waals surface area contributed by atoms with Crippen molar-refractivity contribution in [2.75, 3.05) is 0 Å². The molecule has 0 fully saturated rings. The number of hydrogen-bond donors (Lipinski definition) is 0. The molecule has 0 aromatic heterocycles. The van der Waals surface area contributed by atoms with Crippen molar-refractivity contribution in [1.82, 2.24) is 0 Å². The molecule has 3 heteroatoms. The minimum atomic E-state index is -0.687. The van der Waals surface area contributed by atoms with E-state index >= 15 is 0 Å². The average Bonchev–Trinajstić information content (AvgIpc) is 2.01. The highest BCUT2D eigenvalue weighted by molar-refractivity contribution is 6.31. The number of hydrogen-bond acceptors (Lipinski definition) is 0. The van der Waals surface area contributed by atoms with Crippen molar-refractivity contribution in [2.24, 2.45) is 0 Å². The molecule has 0 aliphatic rings. The van der Waals surface area contributed by atoms with E-state index in [9.17, 15) is 8.78 Å². The molecule has 0 unspecified atom stereocenters. The van der Waals surface area contributed by atoms with Gasteiger partial charge in [0.05, 0.1) is 5.02 Å². The third kappa shape index (κ3) is 1.83. The van der Waals surface area contributed by atoms with Crippen LogP contribution in [-0.2, 0) is 0 Å². The summed E-state index contributed by atoms with van der Waals surface area (Å²) in [7, 11) is 0. The predicted molar refractivity (Wildman–Crippen MR) is 50.2 cm³/mol. The average molecular weight is 205 g/mol. The molecule has 0 aliphatic heterocycles. The molecular weight excluding hydrogens is 194 g/mol. The van der Waals surface area contributed by atoms with Crippen LogP contribution in [0.4, 0.5) is 8.78 Å². The summed E-state index contributed by atoms with van der Waals surface area (Å²) in [6.07, 6.45) is 0. The van der Waals surface area contributed by atoms with E-state index in [1.54, 1.807) is 6.92 Å². The molecule has 1 aromatic rings. The lowest BCUT2D eigenvalue weighted by atomic mass is 9.97. The molecular formula is C10H11ClF2. The van der Waals surface area contributed by atoms with E-state index in [0.717, 1.165) is 6.07 Å². The summed E-state index contributed by atoms with van der Waals surface area (Å²) in [4.78, 5) is 0. The largest absolute Gasteiger partial charge is 0.207 e. The second-order valence-corrected chi connectivity index (χ2v) is 3.73. The van der Waals surface area contributed by atoms with Gasteiger partial charge in [0.1, 0.15) is 11.6 Å². The number of benzene rings is 1. The summed E-state index contributed by atoms with van der Waals surface area (Å²) in [5, 5.41) is 0.0360. The first kappa shape index (κ1) is 10.5. The fourth-order valence-electron chi connectivity index (χ4n) is 1.39. The van der Waals surface area contributed by atoms with Crippen LogP contribution in [0.1, 0.15) is 30.9 Å². The molecule has 0 saturated carbocycles. The Kier molecular flexibility index (Phi) is 2.91. The molecule has 0 atom stereocenters. The van der Waals surface area contributed by atoms with Crippen molar-refractivity contribution in [1.29, 1.82) is 0 Å². The van der Waals surface area contributed by atoms with Gasteiger partial charge in [-0.1, -0.05) is 25.4 Å². The zero-order valence-corrected chi connectivity index (χ0v) is 8.54. The Morgan fingerprint density at radius 1 is 1.23 bits per heavy atom. The number of halogens is 3. The van der Waals surface area contributed by atoms with Crippen LogP contribution in [0.5, 0.6) is 0 Å². The van der Waals surface area contributed by atoms with Crippen molar-refractivity contribution in [3.8, 4) is 0 Å². The van der Waals surface area contributed by atoms with Crippen LogP contribution in [0.25, 0.3) is 0 Å². The summed E-state index contributed by atoms with van der Waals surface area (Å²) in [6, 6.07) is 0.823. The lowest BCUT2D eigenvalue weighted by Crippen LogP contribution is -1.99. The van der Waals surface area contributed by atoms with Crippen molar-refractivity contribution in [3.05, 3.63) is 33.9 Å². The molecule has 13 heavy (non-hydrogen) atoms. The van der Waals surface area contributed by atoms with Crippen LogP contribution in [0, 0.1) is 18.6 Å². The van der Waals surface area contributed by atoms with E-state index in [1.807, 2.05) is 13.8 Å². The van der Waals surface area contributed by atoms with Crippen molar-refractivity contribution < 1.29 is 8.78 Å². The fourth-order valence-corrected chi connectivity index (χ4v) is 1.81. The van der Waals surface area contributed by atoms with E-state index in [4.69, 9.17) is 11.6 Å². The minimum absolute atomic E-state index is 0.0256. The molecule has 0 N–H and O–H groups in total. The van der Waals surface area contributed by atoms with E-state index in [-0.39, 0.29) is 10.9 Å². The molecule has 0 spiro atoms. The van der Waals surface area contributed by atoms with Gasteiger partial charge in [-0.25, -0.2) is 8.78 Å². The van der Waals surface area contributed by atoms with Gasteiger partial charge in [0.15, 0.2) is 0 Å². The SMILES string of the molecule is Cc1c(F)cc(F)c(Cl)c1C(C)C. The standard InChI is InChI=1S/C10H11ClF2/c1-5(2)9-6(3)7(12)4-8(13)10(9)11/h4-5H,1-3H3. The lowest BCUT2D eigenvalue weighted by molar-refractivity contribution is 0.570. The lowest BCUT2D eigenvalue weighted by Gasteiger charge is -2.13. The second kappa shape index (κ2) is 3.62. The van der Waals surface area contributed by atoms with Crippen molar-refractivity contribution in [3.63, 3.8) is 0 Å². The Morgan fingerprint density at radius 2 is 1.77 bits per heavy atom. The maximum Gasteiger partial charge on any atom is 0.145 e. The highest BCUT2D eigenvalue weighted by Gasteiger charge is 2.16. The summed E-state index contributed by atoms with van der Waals surface area (Å²) in [6.45, 7) is 5.32. The normalized spacial score (nSPS) is 11.0. The Labute approximate surface area is 81.5 Å². The smallest absolute Gasteiger partial charge is 0.145 e. The second-order valence-electron chi connectivity index (χ2n) is 3.35. The highest BCUT2D eigenvalue weighted by atomic mass is 35.5. The monoisotopic (exact) mass is 204 g/mol. The molecule has 0 radical (unpaired) electrons. The maximum absolute atomic E-state index is 13.1. The molecule has 1 aromatic carbocycles. The van der Waals surface area contributed by atoms with Crippen molar-refractivity contribution >= 4 is 11.6 Å². The van der Waals surface area contributed by atoms with Crippen LogP contribution in [0.15, 0.2) is 6.07 Å². The van der Waals surface area contributed by atoms with Crippen molar-refractivity contribution in [2.45, 2.75) is 26.7 Å². The highest BCUT2D eigenvalue weighted by Crippen LogP contribution is 2.31. The predicted octanol–water partition coefficient (Wildman–Crippen LogP) is 4.05. The zero-order valence-electron chi connectivity index (χ0n) is 7.79. The van der Waals surface area contributed by atoms with Crippen LogP contribution < -0.4 is 0 Å². The van der Waals surface area contributed by atoms with Crippen LogP contribution in [0.3, 0.4) is 0 Å². The van der Waals surface area contributed by atoms with Gasteiger partial charge in [0, 0.05) is 6.07 Å². The maximum atomic E-state index is 13.1. The minimum Gasteiger partial charge on any atom is -0.207 e. The van der Waals surface area contributed by atoms with Gasteiger partial charge >= 0.3 is 0 Å². The molecule has 0 heterocycles. The first-order chi connectivity index (χ1) is 5.95. The van der Waals surface area contributed by atoms with E-state index < -0.39 is 11.6 Å². The topological polar surface area (TPSA) is 0 Å². The summed E-state index contributed by atoms with van der Waals surface area (Å²) in [5.74, 6) is -1.20. The molecule has 0 bridgehead atoms. The summed E-state index contributed by atoms with van der Waals surface area (Å²) >= 11 is 5.72. The van der Waals surface area contributed by atoms with Gasteiger partial charge in [0.2, 0.25) is 0 Å². The van der Waals surface area contributed by atoms with Gasteiger partial charge in [-0.15, -0.1) is 0 Å². The Morgan fingerprint density at radius 3 is 2.23 bits per heavy atom. The number of rotatable bonds is 1. The van der Waals surface area contributed by atoms with Gasteiger partial charge in [0.25, 0.3) is 0 Å². The van der Waals surface area contributed by atoms with Gasteiger partial charge < -0.3 is 0 Å². The van der Waals surface area contributed by atoms with Gasteiger partial charge in [-0.2, -0.15) is 0 Å². The van der Waals surface area contributed by atoms with Gasteiger partial charge in [-0.3, -0.25) is 0 Å². The Hall–Kier alpha value is -0.630. The van der Waals surface area contributed by atoms with E-state index in [2.05, 4.69) is 0 Å². The zero-order chi connectivity index (χ0) is 10.2. The first-order valence-electron chi connectivity index (χ1n) is 4.09. The first-order valence-corrected chi connectivity index (χ1v) is 4.47. The van der Waals surface area contributed by atoms with Gasteiger partial charge in [-0.05, 0) is 24.0 Å². The van der Waals surface area contributed by atoms with E-state index in [0.29, 0.717) is 11.1 Å². The third-order valence-corrected chi connectivity index (χ3v) is 2.42. The Bertz CT molecular complexity index is 306. The fraction of sp³-hybridized carbons (Fsp3) is 0.400. The van der Waals surface area contributed by atoms with Crippen LogP contribution >= 0.6 is 11.6 Å². The van der Waals surface area contributed by atoms with E-state index in [1.165, 1.54) is 0 Å². The van der Waals surface area contributed by atoms with Crippen LogP contribution in [0.2, 0.25) is 5.02 Å². The summed E-state index contributed by atoms with van der Waals surface area (Å²) < 4.78 is 26.1. The Balaban J connectivity index is 3.46. The summed E-state index contributed by atoms with van der Waals surface area (Å²) in [5.41, 5.74) is 0.987.